The molecule has 0 saturated carbocycles. The Balaban J connectivity index is 1.80. The zero-order valence-electron chi connectivity index (χ0n) is 13.1. The molecule has 9 heteroatoms. The summed E-state index contributed by atoms with van der Waals surface area (Å²) < 4.78 is 27.5. The lowest BCUT2D eigenvalue weighted by molar-refractivity contribution is -0.128. The lowest BCUT2D eigenvalue weighted by Gasteiger charge is -2.16. The number of anilines is 1. The molecule has 1 aromatic heterocycles. The van der Waals surface area contributed by atoms with E-state index < -0.39 is 10.0 Å². The van der Waals surface area contributed by atoms with Crippen LogP contribution < -0.4 is 4.72 Å². The van der Waals surface area contributed by atoms with Crippen LogP contribution in [0, 0.1) is 0 Å². The molecule has 1 N–H and O–H groups in total. The average Bonchev–Trinajstić information content (AvgIpc) is 2.92. The first-order valence-corrected chi connectivity index (χ1v) is 9.81. The fourth-order valence-corrected chi connectivity index (χ4v) is 4.35. The molecule has 132 valence electrons. The molecule has 0 radical (unpaired) electrons. The Kier molecular flexibility index (Phi) is 5.17. The monoisotopic (exact) mass is 399 g/mol. The molecule has 1 aliphatic rings. The van der Waals surface area contributed by atoms with Crippen molar-refractivity contribution in [2.24, 2.45) is 0 Å². The van der Waals surface area contributed by atoms with Gasteiger partial charge in [-0.3, -0.25) is 9.52 Å². The van der Waals surface area contributed by atoms with Crippen LogP contribution in [-0.2, 0) is 21.4 Å². The van der Waals surface area contributed by atoms with Gasteiger partial charge in [-0.2, -0.15) is 0 Å². The molecular formula is C16H15Cl2N3O3S. The Morgan fingerprint density at radius 2 is 2.00 bits per heavy atom. The summed E-state index contributed by atoms with van der Waals surface area (Å²) in [4.78, 5) is 17.1. The predicted molar refractivity (Wildman–Crippen MR) is 96.2 cm³/mol. The van der Waals surface area contributed by atoms with Gasteiger partial charge in [0.2, 0.25) is 5.91 Å². The molecular weight excluding hydrogens is 385 g/mol. The molecule has 2 heterocycles. The number of carbonyl (C=O) groups is 1. The molecule has 6 nitrogen and oxygen atoms in total. The molecule has 2 aromatic rings. The van der Waals surface area contributed by atoms with Crippen molar-refractivity contribution in [1.29, 1.82) is 0 Å². The predicted octanol–water partition coefficient (Wildman–Crippen LogP) is 3.31. The van der Waals surface area contributed by atoms with Crippen molar-refractivity contribution in [3.05, 3.63) is 52.3 Å². The van der Waals surface area contributed by atoms with Crippen LogP contribution in [0.3, 0.4) is 0 Å². The van der Waals surface area contributed by atoms with Crippen molar-refractivity contribution >= 4 is 44.8 Å². The number of hydrogen-bond acceptors (Lipinski definition) is 4. The second-order valence-electron chi connectivity index (χ2n) is 5.65. The number of benzene rings is 1. The first-order valence-electron chi connectivity index (χ1n) is 7.57. The van der Waals surface area contributed by atoms with Crippen molar-refractivity contribution in [2.45, 2.75) is 24.3 Å². The summed E-state index contributed by atoms with van der Waals surface area (Å²) in [5.74, 6) is 0.116. The topological polar surface area (TPSA) is 79.4 Å². The number of nitrogens with zero attached hydrogens (tertiary/aromatic N) is 2. The van der Waals surface area contributed by atoms with Gasteiger partial charge in [0.05, 0.1) is 0 Å². The number of carbonyl (C=O) groups excluding carboxylic acids is 1. The number of hydrogen-bond donors (Lipinski definition) is 1. The largest absolute Gasteiger partial charge is 0.338 e. The normalized spacial score (nSPS) is 14.8. The minimum absolute atomic E-state index is 0.112. The molecule has 1 fully saturated rings. The molecule has 1 aliphatic heterocycles. The van der Waals surface area contributed by atoms with E-state index in [0.29, 0.717) is 18.7 Å². The molecule has 3 rings (SSSR count). The number of rotatable bonds is 5. The van der Waals surface area contributed by atoms with Crippen LogP contribution in [0.2, 0.25) is 10.3 Å². The van der Waals surface area contributed by atoms with Crippen LogP contribution >= 0.6 is 23.2 Å². The van der Waals surface area contributed by atoms with E-state index in [1.54, 1.807) is 23.1 Å². The number of halogens is 2. The van der Waals surface area contributed by atoms with Crippen LogP contribution in [0.1, 0.15) is 18.4 Å². The highest BCUT2D eigenvalue weighted by atomic mass is 35.5. The summed E-state index contributed by atoms with van der Waals surface area (Å²) >= 11 is 11.6. The molecule has 0 unspecified atom stereocenters. The molecule has 0 atom stereocenters. The van der Waals surface area contributed by atoms with Crippen LogP contribution in [-0.4, -0.2) is 30.8 Å². The SMILES string of the molecule is O=C1CCCN1Cc1cccc(NS(=O)(=O)c2ccc(Cl)nc2Cl)c1. The lowest BCUT2D eigenvalue weighted by atomic mass is 10.2. The minimum Gasteiger partial charge on any atom is -0.338 e. The van der Waals surface area contributed by atoms with Crippen molar-refractivity contribution < 1.29 is 13.2 Å². The van der Waals surface area contributed by atoms with Gasteiger partial charge >= 0.3 is 0 Å². The Morgan fingerprint density at radius 3 is 2.68 bits per heavy atom. The van der Waals surface area contributed by atoms with Gasteiger partial charge in [0.1, 0.15) is 10.0 Å². The number of aromatic nitrogens is 1. The van der Waals surface area contributed by atoms with Crippen molar-refractivity contribution in [3.63, 3.8) is 0 Å². The number of amides is 1. The van der Waals surface area contributed by atoms with E-state index in [2.05, 4.69) is 9.71 Å². The number of sulfonamides is 1. The van der Waals surface area contributed by atoms with Gasteiger partial charge < -0.3 is 4.90 Å². The average molecular weight is 400 g/mol. The third-order valence-electron chi connectivity index (χ3n) is 3.79. The molecule has 1 aromatic carbocycles. The van der Waals surface area contributed by atoms with Crippen LogP contribution in [0.5, 0.6) is 0 Å². The second kappa shape index (κ2) is 7.19. The maximum Gasteiger partial charge on any atom is 0.264 e. The highest BCUT2D eigenvalue weighted by Gasteiger charge is 2.21. The van der Waals surface area contributed by atoms with E-state index in [0.717, 1.165) is 18.5 Å². The Bertz CT molecular complexity index is 919. The fraction of sp³-hybridized carbons (Fsp3) is 0.250. The number of pyridine rings is 1. The summed E-state index contributed by atoms with van der Waals surface area (Å²) in [6.07, 6.45) is 1.42. The number of likely N-dealkylation sites (tertiary alicyclic amines) is 1. The van der Waals surface area contributed by atoms with Gasteiger partial charge in [0.15, 0.2) is 5.15 Å². The summed E-state index contributed by atoms with van der Waals surface area (Å²) in [6.45, 7) is 1.18. The Morgan fingerprint density at radius 1 is 1.20 bits per heavy atom. The van der Waals surface area contributed by atoms with Gasteiger partial charge in [0.25, 0.3) is 10.0 Å². The minimum atomic E-state index is -3.90. The third kappa shape index (κ3) is 4.23. The van der Waals surface area contributed by atoms with Crippen molar-refractivity contribution in [3.8, 4) is 0 Å². The third-order valence-corrected chi connectivity index (χ3v) is 5.82. The van der Waals surface area contributed by atoms with E-state index in [-0.39, 0.29) is 21.1 Å². The van der Waals surface area contributed by atoms with Crippen LogP contribution in [0.25, 0.3) is 0 Å². The first kappa shape index (κ1) is 18.0. The van der Waals surface area contributed by atoms with Gasteiger partial charge in [-0.05, 0) is 36.2 Å². The molecule has 1 amide bonds. The molecule has 25 heavy (non-hydrogen) atoms. The summed E-state index contributed by atoms with van der Waals surface area (Å²) in [7, 11) is -3.90. The van der Waals surface area contributed by atoms with E-state index >= 15 is 0 Å². The lowest BCUT2D eigenvalue weighted by Crippen LogP contribution is -2.23. The zero-order chi connectivity index (χ0) is 18.0. The van der Waals surface area contributed by atoms with Crippen molar-refractivity contribution in [2.75, 3.05) is 11.3 Å². The van der Waals surface area contributed by atoms with Gasteiger partial charge in [-0.15, -0.1) is 0 Å². The summed E-state index contributed by atoms with van der Waals surface area (Å²) in [6, 6.07) is 9.56. The van der Waals surface area contributed by atoms with Crippen LogP contribution in [0.4, 0.5) is 5.69 Å². The van der Waals surface area contributed by atoms with E-state index in [1.165, 1.54) is 12.1 Å². The van der Waals surface area contributed by atoms with E-state index in [9.17, 15) is 13.2 Å². The smallest absolute Gasteiger partial charge is 0.264 e. The van der Waals surface area contributed by atoms with E-state index in [1.807, 2.05) is 6.07 Å². The van der Waals surface area contributed by atoms with E-state index in [4.69, 9.17) is 23.2 Å². The van der Waals surface area contributed by atoms with Gasteiger partial charge in [0, 0.05) is 25.2 Å². The fourth-order valence-electron chi connectivity index (χ4n) is 2.63. The standard InChI is InChI=1S/C16H15Cl2N3O3S/c17-14-7-6-13(16(18)19-14)25(23,24)20-12-4-1-3-11(9-12)10-21-8-2-5-15(21)22/h1,3-4,6-7,9,20H,2,5,8,10H2. The molecule has 0 spiro atoms. The van der Waals surface area contributed by atoms with Crippen molar-refractivity contribution in [1.82, 2.24) is 9.88 Å². The molecule has 0 bridgehead atoms. The first-order chi connectivity index (χ1) is 11.8. The van der Waals surface area contributed by atoms with Gasteiger partial charge in [-0.25, -0.2) is 13.4 Å². The van der Waals surface area contributed by atoms with Crippen LogP contribution in [0.15, 0.2) is 41.3 Å². The Labute approximate surface area is 155 Å². The highest BCUT2D eigenvalue weighted by Crippen LogP contribution is 2.24. The zero-order valence-corrected chi connectivity index (χ0v) is 15.4. The summed E-state index contributed by atoms with van der Waals surface area (Å²) in [5.41, 5.74) is 1.23. The maximum atomic E-state index is 12.5. The molecule has 1 saturated heterocycles. The van der Waals surface area contributed by atoms with Gasteiger partial charge in [-0.1, -0.05) is 35.3 Å². The Hall–Kier alpha value is -1.83. The second-order valence-corrected chi connectivity index (χ2v) is 8.04. The summed E-state index contributed by atoms with van der Waals surface area (Å²) in [5, 5.41) is -0.0833. The quantitative estimate of drug-likeness (QED) is 0.781. The number of nitrogens with one attached hydrogen (secondary N) is 1. The molecule has 0 aliphatic carbocycles. The highest BCUT2D eigenvalue weighted by molar-refractivity contribution is 7.92. The maximum absolute atomic E-state index is 12.5.